The number of hydrogen-bond acceptors (Lipinski definition) is 4. The van der Waals surface area contributed by atoms with Crippen LogP contribution in [0.4, 0.5) is 5.69 Å². The Morgan fingerprint density at radius 1 is 1.07 bits per heavy atom. The number of hydrogen-bond donors (Lipinski definition) is 1. The lowest BCUT2D eigenvalue weighted by Gasteiger charge is -2.24. The number of amides is 2. The van der Waals surface area contributed by atoms with E-state index in [0.717, 1.165) is 40.1 Å². The highest BCUT2D eigenvalue weighted by atomic mass is 79.9. The first-order valence-corrected chi connectivity index (χ1v) is 11.2. The Balaban J connectivity index is 1.32. The minimum atomic E-state index is -0.651. The number of halogens is 1. The third-order valence-electron chi connectivity index (χ3n) is 5.96. The summed E-state index contributed by atoms with van der Waals surface area (Å²) in [6.45, 7) is 1.62. The van der Waals surface area contributed by atoms with Gasteiger partial charge in [-0.3, -0.25) is 9.59 Å². The lowest BCUT2D eigenvalue weighted by molar-refractivity contribution is -0.132. The number of benzene rings is 2. The summed E-state index contributed by atoms with van der Waals surface area (Å²) in [7, 11) is 0. The van der Waals surface area contributed by atoms with Gasteiger partial charge in [-0.2, -0.15) is 0 Å². The number of nitrogens with one attached hydrogen (secondary N) is 1. The van der Waals surface area contributed by atoms with E-state index >= 15 is 0 Å². The van der Waals surface area contributed by atoms with Gasteiger partial charge in [0.05, 0.1) is 6.04 Å². The molecule has 156 valence electrons. The third kappa shape index (κ3) is 3.78. The molecule has 0 radical (unpaired) electrons. The highest BCUT2D eigenvalue weighted by Crippen LogP contribution is 2.43. The molecule has 0 aromatic heterocycles. The number of anilines is 1. The van der Waals surface area contributed by atoms with E-state index in [1.165, 1.54) is 0 Å². The van der Waals surface area contributed by atoms with Gasteiger partial charge >= 0.3 is 0 Å². The van der Waals surface area contributed by atoms with Gasteiger partial charge < -0.3 is 19.7 Å². The lowest BCUT2D eigenvalue weighted by Crippen LogP contribution is -2.39. The largest absolute Gasteiger partial charge is 0.486 e. The average molecular weight is 471 g/mol. The zero-order chi connectivity index (χ0) is 20.7. The molecule has 2 heterocycles. The second kappa shape index (κ2) is 7.95. The molecule has 2 unspecified atom stereocenters. The fourth-order valence-corrected chi connectivity index (χ4v) is 4.62. The summed E-state index contributed by atoms with van der Waals surface area (Å²) < 4.78 is 12.2. The van der Waals surface area contributed by atoms with E-state index in [4.69, 9.17) is 9.47 Å². The van der Waals surface area contributed by atoms with Gasteiger partial charge in [-0.05, 0) is 61.1 Å². The number of ether oxygens (including phenoxy) is 2. The van der Waals surface area contributed by atoms with Gasteiger partial charge in [0, 0.05) is 16.7 Å². The summed E-state index contributed by atoms with van der Waals surface area (Å²) >= 11 is 3.44. The van der Waals surface area contributed by atoms with Crippen molar-refractivity contribution in [1.82, 2.24) is 5.32 Å². The van der Waals surface area contributed by atoms with Crippen LogP contribution in [0.3, 0.4) is 0 Å². The normalized spacial score (nSPS) is 21.4. The van der Waals surface area contributed by atoms with Crippen LogP contribution in [-0.4, -0.2) is 31.6 Å². The summed E-state index contributed by atoms with van der Waals surface area (Å²) in [5.41, 5.74) is 1.82. The molecule has 1 aliphatic carbocycles. The highest BCUT2D eigenvalue weighted by Gasteiger charge is 2.41. The smallest absolute Gasteiger partial charge is 0.239 e. The van der Waals surface area contributed by atoms with Crippen molar-refractivity contribution in [2.75, 3.05) is 24.7 Å². The Morgan fingerprint density at radius 3 is 2.63 bits per heavy atom. The van der Waals surface area contributed by atoms with E-state index in [9.17, 15) is 9.59 Å². The van der Waals surface area contributed by atoms with Crippen molar-refractivity contribution in [2.45, 2.75) is 25.3 Å². The van der Waals surface area contributed by atoms with Crippen LogP contribution in [0.15, 0.2) is 46.9 Å². The number of carbonyl (C=O) groups excluding carboxylic acids is 2. The molecule has 2 aromatic rings. The van der Waals surface area contributed by atoms with E-state index in [-0.39, 0.29) is 17.9 Å². The van der Waals surface area contributed by atoms with Crippen molar-refractivity contribution in [1.29, 1.82) is 0 Å². The van der Waals surface area contributed by atoms with E-state index in [0.29, 0.717) is 32.1 Å². The molecule has 2 atom stereocenters. The molecule has 6 nitrogen and oxygen atoms in total. The van der Waals surface area contributed by atoms with Gasteiger partial charge in [-0.1, -0.05) is 28.1 Å². The van der Waals surface area contributed by atoms with E-state index in [1.54, 1.807) is 4.90 Å². The Labute approximate surface area is 183 Å². The van der Waals surface area contributed by atoms with Crippen molar-refractivity contribution in [2.24, 2.45) is 11.8 Å². The molecule has 1 saturated heterocycles. The van der Waals surface area contributed by atoms with Crippen LogP contribution in [0.5, 0.6) is 11.5 Å². The second-order valence-electron chi connectivity index (χ2n) is 8.04. The van der Waals surface area contributed by atoms with Gasteiger partial charge in [0.25, 0.3) is 0 Å². The van der Waals surface area contributed by atoms with E-state index < -0.39 is 5.92 Å². The molecule has 7 heteroatoms. The number of carbonyl (C=O) groups is 2. The molecular weight excluding hydrogens is 448 g/mol. The SMILES string of the molecule is O=C(NC(c1ccc2c(c1)OCCO2)C1CC1)C1CCN(c2cccc(Br)c2)C1=O. The Bertz CT molecular complexity index is 991. The zero-order valence-electron chi connectivity index (χ0n) is 16.5. The van der Waals surface area contributed by atoms with Crippen LogP contribution < -0.4 is 19.7 Å². The first-order chi connectivity index (χ1) is 14.6. The number of rotatable bonds is 5. The Kier molecular flexibility index (Phi) is 5.15. The maximum atomic E-state index is 13.1. The van der Waals surface area contributed by atoms with Gasteiger partial charge in [-0.15, -0.1) is 0 Å². The monoisotopic (exact) mass is 470 g/mol. The lowest BCUT2D eigenvalue weighted by atomic mass is 9.99. The fourth-order valence-electron chi connectivity index (χ4n) is 4.23. The van der Waals surface area contributed by atoms with Crippen LogP contribution in [0.25, 0.3) is 0 Å². The van der Waals surface area contributed by atoms with Crippen molar-refractivity contribution < 1.29 is 19.1 Å². The predicted molar refractivity (Wildman–Crippen MR) is 116 cm³/mol. The molecule has 2 aromatic carbocycles. The van der Waals surface area contributed by atoms with Gasteiger partial charge in [0.1, 0.15) is 19.1 Å². The van der Waals surface area contributed by atoms with Crippen molar-refractivity contribution >= 4 is 33.4 Å². The maximum Gasteiger partial charge on any atom is 0.239 e. The molecule has 1 saturated carbocycles. The molecule has 2 aliphatic heterocycles. The van der Waals surface area contributed by atoms with Crippen molar-refractivity contribution in [3.05, 3.63) is 52.5 Å². The first-order valence-electron chi connectivity index (χ1n) is 10.4. The van der Waals surface area contributed by atoms with Gasteiger partial charge in [0.2, 0.25) is 11.8 Å². The fraction of sp³-hybridized carbons (Fsp3) is 0.391. The first kappa shape index (κ1) is 19.4. The number of nitrogens with zero attached hydrogens (tertiary/aromatic N) is 1. The van der Waals surface area contributed by atoms with Crippen LogP contribution in [0, 0.1) is 11.8 Å². The third-order valence-corrected chi connectivity index (χ3v) is 6.45. The van der Waals surface area contributed by atoms with E-state index in [2.05, 4.69) is 21.2 Å². The summed E-state index contributed by atoms with van der Waals surface area (Å²) in [6, 6.07) is 13.4. The molecule has 0 bridgehead atoms. The summed E-state index contributed by atoms with van der Waals surface area (Å²) in [4.78, 5) is 27.7. The summed E-state index contributed by atoms with van der Waals surface area (Å²) in [5, 5.41) is 3.17. The summed E-state index contributed by atoms with van der Waals surface area (Å²) in [6.07, 6.45) is 2.67. The van der Waals surface area contributed by atoms with Gasteiger partial charge in [0.15, 0.2) is 11.5 Å². The van der Waals surface area contributed by atoms with Crippen molar-refractivity contribution in [3.63, 3.8) is 0 Å². The number of fused-ring (bicyclic) bond motifs is 1. The standard InChI is InChI=1S/C23H23BrN2O4/c24-16-2-1-3-17(13-16)26-9-8-18(23(26)28)22(27)25-21(14-4-5-14)15-6-7-19-20(12-15)30-11-10-29-19/h1-3,6-7,12-14,18,21H,4-5,8-11H2,(H,25,27). The van der Waals surface area contributed by atoms with Crippen LogP contribution >= 0.6 is 15.9 Å². The minimum absolute atomic E-state index is 0.110. The minimum Gasteiger partial charge on any atom is -0.486 e. The van der Waals surface area contributed by atoms with Crippen molar-refractivity contribution in [3.8, 4) is 11.5 Å². The molecule has 2 fully saturated rings. The van der Waals surface area contributed by atoms with E-state index in [1.807, 2.05) is 42.5 Å². The highest BCUT2D eigenvalue weighted by molar-refractivity contribution is 9.10. The second-order valence-corrected chi connectivity index (χ2v) is 8.95. The van der Waals surface area contributed by atoms with Crippen LogP contribution in [0.1, 0.15) is 30.9 Å². The molecule has 1 N–H and O–H groups in total. The van der Waals surface area contributed by atoms with Gasteiger partial charge in [-0.25, -0.2) is 0 Å². The maximum absolute atomic E-state index is 13.1. The molecule has 5 rings (SSSR count). The molecular formula is C23H23BrN2O4. The molecule has 30 heavy (non-hydrogen) atoms. The molecule has 0 spiro atoms. The molecule has 3 aliphatic rings. The van der Waals surface area contributed by atoms with Crippen LogP contribution in [0.2, 0.25) is 0 Å². The summed E-state index contributed by atoms with van der Waals surface area (Å²) in [5.74, 6) is 0.876. The quantitative estimate of drug-likeness (QED) is 0.674. The molecule has 2 amide bonds. The Morgan fingerprint density at radius 2 is 1.87 bits per heavy atom. The topological polar surface area (TPSA) is 67.9 Å². The Hall–Kier alpha value is -2.54. The van der Waals surface area contributed by atoms with Crippen LogP contribution in [-0.2, 0) is 9.59 Å². The predicted octanol–water partition coefficient (Wildman–Crippen LogP) is 3.84. The zero-order valence-corrected chi connectivity index (χ0v) is 18.1. The average Bonchev–Trinajstić information content (AvgIpc) is 3.52.